The third kappa shape index (κ3) is 4.75. The van der Waals surface area contributed by atoms with E-state index in [9.17, 15) is 14.9 Å². The lowest BCUT2D eigenvalue weighted by molar-refractivity contribution is -0.138. The zero-order valence-corrected chi connectivity index (χ0v) is 17.1. The highest BCUT2D eigenvalue weighted by atomic mass is 16.5. The van der Waals surface area contributed by atoms with E-state index in [0.717, 1.165) is 25.7 Å². The van der Waals surface area contributed by atoms with Crippen molar-refractivity contribution in [3.8, 4) is 6.07 Å². The van der Waals surface area contributed by atoms with Gasteiger partial charge in [0.1, 0.15) is 18.0 Å². The van der Waals surface area contributed by atoms with Crippen molar-refractivity contribution >= 4 is 17.3 Å². The Kier molecular flexibility index (Phi) is 8.23. The van der Waals surface area contributed by atoms with Gasteiger partial charge >= 0.3 is 5.97 Å². The van der Waals surface area contributed by atoms with E-state index < -0.39 is 5.97 Å². The molecule has 1 aromatic heterocycles. The molecule has 0 saturated carbocycles. The Morgan fingerprint density at radius 1 is 1.10 bits per heavy atom. The standard InChI is InChI=1S/C21H19N3O3.C2H6/c1-2-3-4-7-10-27-21(26)16(11-22)18-14-8-5-6-9-15(14)20(25)17-12-23-13-24-19(17)18;1-2/h5-6,8-9,12-13H,2-4,7,10H2,1H3;1-2H3/b18-16-;. The minimum Gasteiger partial charge on any atom is -0.462 e. The summed E-state index contributed by atoms with van der Waals surface area (Å²) in [6, 6.07) is 8.82. The third-order valence-electron chi connectivity index (χ3n) is 4.43. The van der Waals surface area contributed by atoms with Gasteiger partial charge in [-0.05, 0) is 12.0 Å². The van der Waals surface area contributed by atoms with Crippen molar-refractivity contribution in [3.63, 3.8) is 0 Å². The van der Waals surface area contributed by atoms with Crippen LogP contribution in [-0.4, -0.2) is 28.3 Å². The zero-order valence-electron chi connectivity index (χ0n) is 17.1. The normalized spacial score (nSPS) is 13.2. The van der Waals surface area contributed by atoms with Gasteiger partial charge in [0.15, 0.2) is 5.78 Å². The number of benzene rings is 1. The van der Waals surface area contributed by atoms with Crippen molar-refractivity contribution in [2.24, 2.45) is 0 Å². The molecular formula is C23H25N3O3. The number of unbranched alkanes of at least 4 members (excludes halogenated alkanes) is 3. The van der Waals surface area contributed by atoms with E-state index in [4.69, 9.17) is 4.74 Å². The summed E-state index contributed by atoms with van der Waals surface area (Å²) in [5.41, 5.74) is 1.66. The van der Waals surface area contributed by atoms with E-state index in [0.29, 0.717) is 16.7 Å². The molecular weight excluding hydrogens is 366 g/mol. The third-order valence-corrected chi connectivity index (χ3v) is 4.43. The lowest BCUT2D eigenvalue weighted by Gasteiger charge is -2.20. The zero-order chi connectivity index (χ0) is 21.2. The molecule has 6 heteroatoms. The molecule has 1 aromatic carbocycles. The highest BCUT2D eigenvalue weighted by Crippen LogP contribution is 2.36. The lowest BCUT2D eigenvalue weighted by atomic mass is 9.82. The summed E-state index contributed by atoms with van der Waals surface area (Å²) in [4.78, 5) is 33.4. The number of hydrogen-bond donors (Lipinski definition) is 0. The predicted octanol–water partition coefficient (Wildman–Crippen LogP) is 4.50. The minimum atomic E-state index is -0.697. The average Bonchev–Trinajstić information content (AvgIpc) is 2.77. The quantitative estimate of drug-likeness (QED) is 0.266. The Bertz CT molecular complexity index is 906. The van der Waals surface area contributed by atoms with Gasteiger partial charge in [-0.15, -0.1) is 0 Å². The number of fused-ring (bicyclic) bond motifs is 2. The summed E-state index contributed by atoms with van der Waals surface area (Å²) >= 11 is 0. The molecule has 6 nitrogen and oxygen atoms in total. The van der Waals surface area contributed by atoms with Crippen LogP contribution in [0.5, 0.6) is 0 Å². The molecule has 29 heavy (non-hydrogen) atoms. The first-order valence-electron chi connectivity index (χ1n) is 9.95. The van der Waals surface area contributed by atoms with Crippen LogP contribution in [0.15, 0.2) is 42.4 Å². The number of ketones is 1. The molecule has 0 bridgehead atoms. The van der Waals surface area contributed by atoms with Crippen LogP contribution in [-0.2, 0) is 9.53 Å². The van der Waals surface area contributed by atoms with Gasteiger partial charge < -0.3 is 4.74 Å². The molecule has 1 heterocycles. The number of carbonyl (C=O) groups is 2. The van der Waals surface area contributed by atoms with E-state index >= 15 is 0 Å². The molecule has 0 unspecified atom stereocenters. The van der Waals surface area contributed by atoms with Crippen molar-refractivity contribution in [2.45, 2.75) is 46.5 Å². The number of nitrogens with zero attached hydrogens (tertiary/aromatic N) is 3. The van der Waals surface area contributed by atoms with Gasteiger partial charge in [-0.1, -0.05) is 64.3 Å². The molecule has 0 atom stereocenters. The largest absolute Gasteiger partial charge is 0.462 e. The van der Waals surface area contributed by atoms with Crippen molar-refractivity contribution in [1.29, 1.82) is 5.26 Å². The van der Waals surface area contributed by atoms with Crippen molar-refractivity contribution in [2.75, 3.05) is 6.61 Å². The van der Waals surface area contributed by atoms with Crippen LogP contribution in [0.25, 0.3) is 5.57 Å². The molecule has 1 aliphatic carbocycles. The molecule has 150 valence electrons. The first-order valence-corrected chi connectivity index (χ1v) is 9.95. The average molecular weight is 391 g/mol. The Hall–Kier alpha value is -3.33. The maximum atomic E-state index is 12.7. The fourth-order valence-corrected chi connectivity index (χ4v) is 3.09. The van der Waals surface area contributed by atoms with Crippen LogP contribution < -0.4 is 0 Å². The molecule has 0 aliphatic heterocycles. The van der Waals surface area contributed by atoms with Gasteiger partial charge in [0.25, 0.3) is 0 Å². The number of hydrogen-bond acceptors (Lipinski definition) is 6. The lowest BCUT2D eigenvalue weighted by Crippen LogP contribution is -2.19. The summed E-state index contributed by atoms with van der Waals surface area (Å²) in [6.07, 6.45) is 6.58. The van der Waals surface area contributed by atoms with Crippen molar-refractivity contribution < 1.29 is 14.3 Å². The van der Waals surface area contributed by atoms with Crippen molar-refractivity contribution in [3.05, 3.63) is 64.7 Å². The Morgan fingerprint density at radius 3 is 2.52 bits per heavy atom. The Balaban J connectivity index is 0.00000145. The molecule has 3 rings (SSSR count). The maximum absolute atomic E-state index is 12.7. The molecule has 0 radical (unpaired) electrons. The van der Waals surface area contributed by atoms with Gasteiger partial charge in [-0.2, -0.15) is 5.26 Å². The number of rotatable bonds is 6. The van der Waals surface area contributed by atoms with E-state index in [-0.39, 0.29) is 29.2 Å². The number of nitriles is 1. The number of carbonyl (C=O) groups excluding carboxylic acids is 2. The Labute approximate surface area is 171 Å². The summed E-state index contributed by atoms with van der Waals surface area (Å²) in [5.74, 6) is -0.923. The van der Waals surface area contributed by atoms with Crippen LogP contribution in [0.2, 0.25) is 0 Å². The molecule has 1 aliphatic rings. The van der Waals surface area contributed by atoms with Gasteiger partial charge in [0.2, 0.25) is 0 Å². The smallest absolute Gasteiger partial charge is 0.349 e. The first kappa shape index (κ1) is 22.0. The van der Waals surface area contributed by atoms with Crippen LogP contribution in [0.4, 0.5) is 0 Å². The molecule has 0 amide bonds. The molecule has 0 saturated heterocycles. The molecule has 2 aromatic rings. The number of aromatic nitrogens is 2. The first-order chi connectivity index (χ1) is 14.2. The van der Waals surface area contributed by atoms with Crippen molar-refractivity contribution in [1.82, 2.24) is 9.97 Å². The van der Waals surface area contributed by atoms with Gasteiger partial charge in [0.05, 0.1) is 17.9 Å². The highest BCUT2D eigenvalue weighted by molar-refractivity contribution is 6.20. The van der Waals surface area contributed by atoms with Gasteiger partial charge in [0, 0.05) is 17.3 Å². The summed E-state index contributed by atoms with van der Waals surface area (Å²) < 4.78 is 5.30. The van der Waals surface area contributed by atoms with E-state index in [1.807, 2.05) is 19.9 Å². The second-order valence-corrected chi connectivity index (χ2v) is 6.22. The summed E-state index contributed by atoms with van der Waals surface area (Å²) in [5, 5.41) is 9.67. The monoisotopic (exact) mass is 391 g/mol. The second kappa shape index (κ2) is 10.9. The van der Waals surface area contributed by atoms with Crippen LogP contribution in [0.1, 0.15) is 73.6 Å². The maximum Gasteiger partial charge on any atom is 0.349 e. The van der Waals surface area contributed by atoms with E-state index in [1.54, 1.807) is 24.3 Å². The SMILES string of the molecule is CC.CCCCCCOC(=O)/C(C#N)=C1/c2ccccc2C(=O)c2cncnc21. The van der Waals surface area contributed by atoms with E-state index in [1.165, 1.54) is 12.5 Å². The fourth-order valence-electron chi connectivity index (χ4n) is 3.09. The molecule has 0 spiro atoms. The van der Waals surface area contributed by atoms with Crippen LogP contribution in [0, 0.1) is 11.3 Å². The molecule has 0 fully saturated rings. The molecule has 0 N–H and O–H groups in total. The van der Waals surface area contributed by atoms with E-state index in [2.05, 4.69) is 16.9 Å². The number of ether oxygens (including phenoxy) is 1. The van der Waals surface area contributed by atoms with Gasteiger partial charge in [-0.3, -0.25) is 4.79 Å². The summed E-state index contributed by atoms with van der Waals surface area (Å²) in [6.45, 7) is 6.36. The van der Waals surface area contributed by atoms with Gasteiger partial charge in [-0.25, -0.2) is 14.8 Å². The predicted molar refractivity (Wildman–Crippen MR) is 110 cm³/mol. The van der Waals surface area contributed by atoms with Crippen LogP contribution >= 0.6 is 0 Å². The highest BCUT2D eigenvalue weighted by Gasteiger charge is 2.32. The minimum absolute atomic E-state index is 0.148. The second-order valence-electron chi connectivity index (χ2n) is 6.22. The topological polar surface area (TPSA) is 92.9 Å². The fraction of sp³-hybridized carbons (Fsp3) is 0.348. The summed E-state index contributed by atoms with van der Waals surface area (Å²) in [7, 11) is 0. The van der Waals surface area contributed by atoms with Crippen LogP contribution in [0.3, 0.4) is 0 Å². The number of esters is 1. The Morgan fingerprint density at radius 2 is 1.83 bits per heavy atom.